The summed E-state index contributed by atoms with van der Waals surface area (Å²) in [6, 6.07) is 10.5. The van der Waals surface area contributed by atoms with Crippen molar-refractivity contribution < 1.29 is 22.4 Å². The van der Waals surface area contributed by atoms with E-state index in [2.05, 4.69) is 9.71 Å². The van der Waals surface area contributed by atoms with Gasteiger partial charge >= 0.3 is 5.97 Å². The van der Waals surface area contributed by atoms with Gasteiger partial charge in [0.1, 0.15) is 6.61 Å². The number of carbonyl (C=O) groups is 1. The first kappa shape index (κ1) is 19.3. The molecule has 1 aromatic carbocycles. The van der Waals surface area contributed by atoms with Crippen LogP contribution in [-0.2, 0) is 27.8 Å². The highest BCUT2D eigenvalue weighted by molar-refractivity contribution is 7.88. The van der Waals surface area contributed by atoms with Crippen molar-refractivity contribution in [2.45, 2.75) is 13.0 Å². The molecule has 2 aromatic heterocycles. The summed E-state index contributed by atoms with van der Waals surface area (Å²) in [5.41, 5.74) is 2.00. The second-order valence-corrected chi connectivity index (χ2v) is 8.50. The third-order valence-electron chi connectivity index (χ3n) is 3.60. The number of hydrogen-bond acceptors (Lipinski definition) is 7. The van der Waals surface area contributed by atoms with Gasteiger partial charge in [-0.3, -0.25) is 0 Å². The van der Waals surface area contributed by atoms with Crippen LogP contribution in [0, 0.1) is 0 Å². The number of sulfonamides is 1. The van der Waals surface area contributed by atoms with E-state index < -0.39 is 16.0 Å². The van der Waals surface area contributed by atoms with Gasteiger partial charge in [-0.05, 0) is 36.2 Å². The Balaban J connectivity index is 1.51. The highest BCUT2D eigenvalue weighted by Crippen LogP contribution is 2.24. The van der Waals surface area contributed by atoms with Gasteiger partial charge in [0.05, 0.1) is 23.8 Å². The number of carbonyl (C=O) groups excluding carboxylic acids is 1. The third-order valence-corrected chi connectivity index (χ3v) is 5.24. The van der Waals surface area contributed by atoms with Crippen molar-refractivity contribution in [3.8, 4) is 10.8 Å². The van der Waals surface area contributed by atoms with E-state index in [0.29, 0.717) is 30.0 Å². The van der Waals surface area contributed by atoms with Crippen molar-refractivity contribution in [3.63, 3.8) is 0 Å². The molecule has 7 nitrogen and oxygen atoms in total. The smallest absolute Gasteiger partial charge is 0.338 e. The highest BCUT2D eigenvalue weighted by atomic mass is 32.2. The van der Waals surface area contributed by atoms with Crippen molar-refractivity contribution in [1.29, 1.82) is 0 Å². The lowest BCUT2D eigenvalue weighted by molar-refractivity contribution is 0.0468. The molecule has 0 unspecified atom stereocenters. The van der Waals surface area contributed by atoms with E-state index in [1.54, 1.807) is 36.6 Å². The molecule has 0 atom stereocenters. The maximum Gasteiger partial charge on any atom is 0.338 e. The molecule has 0 saturated carbocycles. The Bertz CT molecular complexity index is 993. The molecule has 27 heavy (non-hydrogen) atoms. The van der Waals surface area contributed by atoms with E-state index in [1.807, 2.05) is 11.4 Å². The molecular formula is C18H18N2O5S2. The van der Waals surface area contributed by atoms with Gasteiger partial charge in [0.15, 0.2) is 10.8 Å². The van der Waals surface area contributed by atoms with Crippen molar-refractivity contribution in [2.24, 2.45) is 0 Å². The first-order chi connectivity index (χ1) is 12.9. The number of esters is 1. The molecule has 1 N–H and O–H groups in total. The van der Waals surface area contributed by atoms with E-state index in [4.69, 9.17) is 9.15 Å². The second-order valence-electron chi connectivity index (χ2n) is 5.81. The van der Waals surface area contributed by atoms with Crippen LogP contribution in [0.4, 0.5) is 0 Å². The molecule has 0 saturated heterocycles. The molecular weight excluding hydrogens is 388 g/mol. The van der Waals surface area contributed by atoms with E-state index in [1.165, 1.54) is 11.3 Å². The second kappa shape index (κ2) is 8.47. The Morgan fingerprint density at radius 3 is 2.70 bits per heavy atom. The Hall–Kier alpha value is -2.49. The minimum Gasteiger partial charge on any atom is -0.462 e. The van der Waals surface area contributed by atoms with Crippen LogP contribution in [0.25, 0.3) is 10.8 Å². The van der Waals surface area contributed by atoms with Crippen LogP contribution in [0.15, 0.2) is 52.5 Å². The molecule has 0 spiro atoms. The molecule has 0 fully saturated rings. The monoisotopic (exact) mass is 406 g/mol. The van der Waals surface area contributed by atoms with Crippen LogP contribution in [0.2, 0.25) is 0 Å². The predicted molar refractivity (Wildman–Crippen MR) is 102 cm³/mol. The Morgan fingerprint density at radius 1 is 1.26 bits per heavy atom. The lowest BCUT2D eigenvalue weighted by atomic mass is 10.1. The number of nitrogens with zero attached hydrogens (tertiary/aromatic N) is 1. The van der Waals surface area contributed by atoms with E-state index in [9.17, 15) is 13.2 Å². The van der Waals surface area contributed by atoms with Gasteiger partial charge in [0.2, 0.25) is 10.0 Å². The molecule has 2 heterocycles. The summed E-state index contributed by atoms with van der Waals surface area (Å²) in [4.78, 5) is 16.5. The largest absolute Gasteiger partial charge is 0.462 e. The number of benzene rings is 1. The van der Waals surface area contributed by atoms with Gasteiger partial charge in [0.25, 0.3) is 0 Å². The Kier molecular flexibility index (Phi) is 6.04. The van der Waals surface area contributed by atoms with Crippen molar-refractivity contribution in [3.05, 3.63) is 64.9 Å². The Labute approximate surface area is 161 Å². The number of thiazole rings is 1. The van der Waals surface area contributed by atoms with E-state index >= 15 is 0 Å². The fourth-order valence-electron chi connectivity index (χ4n) is 2.30. The SMILES string of the molecule is CS(=O)(=O)NCCc1ccc(C(=O)OCc2csc(-c3ccco3)n2)cc1. The van der Waals surface area contributed by atoms with Crippen LogP contribution in [0.1, 0.15) is 21.6 Å². The fraction of sp³-hybridized carbons (Fsp3) is 0.222. The number of nitrogens with one attached hydrogen (secondary N) is 1. The summed E-state index contributed by atoms with van der Waals surface area (Å²) in [6.07, 6.45) is 3.24. The summed E-state index contributed by atoms with van der Waals surface area (Å²) in [7, 11) is -3.20. The molecule has 142 valence electrons. The van der Waals surface area contributed by atoms with Crippen LogP contribution >= 0.6 is 11.3 Å². The first-order valence-corrected chi connectivity index (χ1v) is 10.9. The quantitative estimate of drug-likeness (QED) is 0.578. The topological polar surface area (TPSA) is 98.5 Å². The maximum absolute atomic E-state index is 12.2. The number of furan rings is 1. The summed E-state index contributed by atoms with van der Waals surface area (Å²) in [5.74, 6) is 0.238. The lowest BCUT2D eigenvalue weighted by Crippen LogP contribution is -2.24. The molecule has 0 amide bonds. The fourth-order valence-corrected chi connectivity index (χ4v) is 3.54. The standard InChI is InChI=1S/C18H18N2O5S2/c1-27(22,23)19-9-8-13-4-6-14(7-5-13)18(21)25-11-15-12-26-17(20-15)16-3-2-10-24-16/h2-7,10,12,19H,8-9,11H2,1H3. The minimum absolute atomic E-state index is 0.0794. The Morgan fingerprint density at radius 2 is 2.04 bits per heavy atom. The molecule has 0 aliphatic heterocycles. The van der Waals surface area contributed by atoms with Crippen LogP contribution < -0.4 is 4.72 Å². The van der Waals surface area contributed by atoms with Gasteiger partial charge in [0, 0.05) is 11.9 Å². The molecule has 3 rings (SSSR count). The normalized spacial score (nSPS) is 11.4. The molecule has 0 aliphatic rings. The van der Waals surface area contributed by atoms with Crippen LogP contribution in [0.5, 0.6) is 0 Å². The zero-order valence-corrected chi connectivity index (χ0v) is 16.2. The molecule has 0 bridgehead atoms. The van der Waals surface area contributed by atoms with Gasteiger partial charge in [-0.25, -0.2) is 22.9 Å². The minimum atomic E-state index is -3.20. The summed E-state index contributed by atoms with van der Waals surface area (Å²) in [5, 5.41) is 2.56. The van der Waals surface area contributed by atoms with Gasteiger partial charge in [-0.15, -0.1) is 11.3 Å². The summed E-state index contributed by atoms with van der Waals surface area (Å²) < 4.78 is 35.1. The number of hydrogen-bond donors (Lipinski definition) is 1. The van der Waals surface area contributed by atoms with Gasteiger partial charge in [-0.1, -0.05) is 12.1 Å². The molecule has 3 aromatic rings. The van der Waals surface area contributed by atoms with Crippen molar-refractivity contribution >= 4 is 27.3 Å². The van der Waals surface area contributed by atoms with Crippen molar-refractivity contribution in [2.75, 3.05) is 12.8 Å². The number of rotatable bonds is 8. The third kappa shape index (κ3) is 5.75. The highest BCUT2D eigenvalue weighted by Gasteiger charge is 2.11. The summed E-state index contributed by atoms with van der Waals surface area (Å²) >= 11 is 1.42. The first-order valence-electron chi connectivity index (χ1n) is 8.10. The molecule has 0 radical (unpaired) electrons. The van der Waals surface area contributed by atoms with Gasteiger partial charge < -0.3 is 9.15 Å². The predicted octanol–water partition coefficient (Wildman–Crippen LogP) is 2.85. The number of ether oxygens (including phenoxy) is 1. The van der Waals surface area contributed by atoms with Crippen LogP contribution in [0.3, 0.4) is 0 Å². The number of aromatic nitrogens is 1. The average molecular weight is 406 g/mol. The molecule has 0 aliphatic carbocycles. The van der Waals surface area contributed by atoms with E-state index in [-0.39, 0.29) is 6.61 Å². The van der Waals surface area contributed by atoms with Crippen LogP contribution in [-0.4, -0.2) is 32.2 Å². The average Bonchev–Trinajstić information content (AvgIpc) is 3.30. The maximum atomic E-state index is 12.2. The van der Waals surface area contributed by atoms with Crippen molar-refractivity contribution in [1.82, 2.24) is 9.71 Å². The summed E-state index contributed by atoms with van der Waals surface area (Å²) in [6.45, 7) is 0.389. The zero-order chi connectivity index (χ0) is 19.3. The lowest BCUT2D eigenvalue weighted by Gasteiger charge is -2.05. The van der Waals surface area contributed by atoms with Gasteiger partial charge in [-0.2, -0.15) is 0 Å². The zero-order valence-electron chi connectivity index (χ0n) is 14.5. The molecule has 9 heteroatoms. The van der Waals surface area contributed by atoms with E-state index in [0.717, 1.165) is 16.8 Å².